The van der Waals surface area contributed by atoms with Crippen LogP contribution in [0.3, 0.4) is 0 Å². The highest BCUT2D eigenvalue weighted by atomic mass is 16.4. The Hall–Kier alpha value is -1.78. The standard InChI is InChI=1S/C7H8O5/c8-5(7(11)12)3-1-2-4-6(9)10/h1-3,8H,4H2,(H,9,10)(H,11,12)/b2-1+,5-3-. The molecule has 0 aliphatic rings. The predicted molar refractivity (Wildman–Crippen MR) is 39.7 cm³/mol. The first-order chi connectivity index (χ1) is 5.54. The Morgan fingerprint density at radius 2 is 1.75 bits per heavy atom. The zero-order valence-electron chi connectivity index (χ0n) is 6.10. The third-order valence-corrected chi connectivity index (χ3v) is 0.902. The Morgan fingerprint density at radius 3 is 2.17 bits per heavy atom. The van der Waals surface area contributed by atoms with Crippen LogP contribution in [0.5, 0.6) is 0 Å². The first kappa shape index (κ1) is 10.2. The molecule has 0 saturated heterocycles. The third kappa shape index (κ3) is 5.04. The first-order valence-electron chi connectivity index (χ1n) is 3.05. The topological polar surface area (TPSA) is 94.8 Å². The maximum Gasteiger partial charge on any atom is 0.370 e. The van der Waals surface area contributed by atoms with Gasteiger partial charge in [-0.05, 0) is 6.08 Å². The molecule has 0 aromatic heterocycles. The smallest absolute Gasteiger partial charge is 0.370 e. The molecular formula is C7H8O5. The molecule has 3 N–H and O–H groups in total. The van der Waals surface area contributed by atoms with Crippen molar-refractivity contribution in [2.24, 2.45) is 0 Å². The summed E-state index contributed by atoms with van der Waals surface area (Å²) in [7, 11) is 0. The minimum absolute atomic E-state index is 0.205. The van der Waals surface area contributed by atoms with Crippen molar-refractivity contribution in [2.75, 3.05) is 0 Å². The maximum atomic E-state index is 9.96. The monoisotopic (exact) mass is 172 g/mol. The van der Waals surface area contributed by atoms with Gasteiger partial charge in [0.05, 0.1) is 6.42 Å². The molecule has 0 amide bonds. The molecule has 0 spiro atoms. The molecule has 0 unspecified atom stereocenters. The van der Waals surface area contributed by atoms with Gasteiger partial charge >= 0.3 is 11.9 Å². The van der Waals surface area contributed by atoms with Gasteiger partial charge in [-0.15, -0.1) is 0 Å². The molecule has 5 nitrogen and oxygen atoms in total. The van der Waals surface area contributed by atoms with Crippen molar-refractivity contribution < 1.29 is 24.9 Å². The first-order valence-corrected chi connectivity index (χ1v) is 3.05. The zero-order valence-corrected chi connectivity index (χ0v) is 6.10. The molecule has 5 heteroatoms. The molecule has 0 aliphatic carbocycles. The van der Waals surface area contributed by atoms with Crippen LogP contribution in [0.4, 0.5) is 0 Å². The van der Waals surface area contributed by atoms with E-state index in [2.05, 4.69) is 0 Å². The molecule has 0 heterocycles. The van der Waals surface area contributed by atoms with E-state index in [1.54, 1.807) is 0 Å². The minimum Gasteiger partial charge on any atom is -0.502 e. The van der Waals surface area contributed by atoms with Crippen molar-refractivity contribution in [3.63, 3.8) is 0 Å². The highest BCUT2D eigenvalue weighted by Gasteiger charge is 1.99. The Bertz CT molecular complexity index is 238. The van der Waals surface area contributed by atoms with Crippen molar-refractivity contribution in [1.82, 2.24) is 0 Å². The van der Waals surface area contributed by atoms with Crippen LogP contribution in [-0.4, -0.2) is 27.3 Å². The molecule has 0 radical (unpaired) electrons. The molecule has 0 saturated carbocycles. The fourth-order valence-corrected chi connectivity index (χ4v) is 0.399. The van der Waals surface area contributed by atoms with Crippen LogP contribution in [0.15, 0.2) is 24.0 Å². The molecule has 12 heavy (non-hydrogen) atoms. The minimum atomic E-state index is -1.45. The second kappa shape index (κ2) is 4.95. The lowest BCUT2D eigenvalue weighted by Crippen LogP contribution is -1.97. The molecule has 0 atom stereocenters. The number of allylic oxidation sites excluding steroid dienone is 2. The lowest BCUT2D eigenvalue weighted by atomic mass is 10.3. The molecule has 66 valence electrons. The summed E-state index contributed by atoms with van der Waals surface area (Å²) in [5.74, 6) is -3.29. The van der Waals surface area contributed by atoms with Crippen LogP contribution >= 0.6 is 0 Å². The molecule has 0 rings (SSSR count). The third-order valence-electron chi connectivity index (χ3n) is 0.902. The van der Waals surface area contributed by atoms with Crippen molar-refractivity contribution >= 4 is 11.9 Å². The van der Waals surface area contributed by atoms with Crippen LogP contribution in [0.2, 0.25) is 0 Å². The Balaban J connectivity index is 3.95. The van der Waals surface area contributed by atoms with Crippen molar-refractivity contribution in [3.8, 4) is 0 Å². The summed E-state index contributed by atoms with van der Waals surface area (Å²) in [5.41, 5.74) is 0. The van der Waals surface area contributed by atoms with E-state index >= 15 is 0 Å². The van der Waals surface area contributed by atoms with Gasteiger partial charge in [0.25, 0.3) is 0 Å². The summed E-state index contributed by atoms with van der Waals surface area (Å²) in [5, 5.41) is 24.8. The summed E-state index contributed by atoms with van der Waals surface area (Å²) < 4.78 is 0. The van der Waals surface area contributed by atoms with E-state index in [4.69, 9.17) is 15.3 Å². The maximum absolute atomic E-state index is 9.96. The van der Waals surface area contributed by atoms with E-state index in [0.29, 0.717) is 0 Å². The van der Waals surface area contributed by atoms with Crippen LogP contribution in [0.25, 0.3) is 0 Å². The second-order valence-corrected chi connectivity index (χ2v) is 1.88. The van der Waals surface area contributed by atoms with E-state index < -0.39 is 17.7 Å². The molecule has 0 aliphatic heterocycles. The van der Waals surface area contributed by atoms with E-state index in [9.17, 15) is 9.59 Å². The van der Waals surface area contributed by atoms with Gasteiger partial charge in [-0.1, -0.05) is 12.2 Å². The number of rotatable bonds is 4. The van der Waals surface area contributed by atoms with Crippen LogP contribution in [0, 0.1) is 0 Å². The van der Waals surface area contributed by atoms with E-state index in [0.717, 1.165) is 12.2 Å². The molecule has 0 bridgehead atoms. The normalized spacial score (nSPS) is 11.8. The number of aliphatic hydroxyl groups is 1. The van der Waals surface area contributed by atoms with Gasteiger partial charge < -0.3 is 15.3 Å². The Labute approximate surface area is 68.3 Å². The molecule has 0 aromatic rings. The number of hydrogen-bond acceptors (Lipinski definition) is 3. The van der Waals surface area contributed by atoms with Crippen LogP contribution in [-0.2, 0) is 9.59 Å². The SMILES string of the molecule is O=C(O)C/C=C/C=C(\O)C(=O)O. The van der Waals surface area contributed by atoms with Gasteiger partial charge in [-0.2, -0.15) is 0 Å². The Morgan fingerprint density at radius 1 is 1.17 bits per heavy atom. The number of carboxylic acids is 2. The fourth-order valence-electron chi connectivity index (χ4n) is 0.399. The number of hydrogen-bond donors (Lipinski definition) is 3. The van der Waals surface area contributed by atoms with Gasteiger partial charge in [0.2, 0.25) is 5.76 Å². The second-order valence-electron chi connectivity index (χ2n) is 1.88. The number of carbonyl (C=O) groups is 2. The highest BCUT2D eigenvalue weighted by Crippen LogP contribution is 1.90. The van der Waals surface area contributed by atoms with Crippen molar-refractivity contribution in [3.05, 3.63) is 24.0 Å². The van der Waals surface area contributed by atoms with E-state index in [-0.39, 0.29) is 6.42 Å². The predicted octanol–water partition coefficient (Wildman–Crippen LogP) is 0.544. The van der Waals surface area contributed by atoms with Crippen molar-refractivity contribution in [1.29, 1.82) is 0 Å². The number of aliphatic carboxylic acids is 2. The highest BCUT2D eigenvalue weighted by molar-refractivity contribution is 5.84. The van der Waals surface area contributed by atoms with Crippen LogP contribution < -0.4 is 0 Å². The summed E-state index contributed by atoms with van der Waals surface area (Å²) >= 11 is 0. The zero-order chi connectivity index (χ0) is 9.56. The Kier molecular flexibility index (Phi) is 4.21. The lowest BCUT2D eigenvalue weighted by molar-refractivity contribution is -0.136. The van der Waals surface area contributed by atoms with Crippen molar-refractivity contribution in [2.45, 2.75) is 6.42 Å². The van der Waals surface area contributed by atoms with Gasteiger partial charge in [-0.25, -0.2) is 4.79 Å². The summed E-state index contributed by atoms with van der Waals surface area (Å²) in [4.78, 5) is 19.9. The molecule has 0 fully saturated rings. The fraction of sp³-hybridized carbons (Fsp3) is 0.143. The van der Waals surface area contributed by atoms with Gasteiger partial charge in [-0.3, -0.25) is 4.79 Å². The summed E-state index contributed by atoms with van der Waals surface area (Å²) in [6.45, 7) is 0. The van der Waals surface area contributed by atoms with Crippen LogP contribution in [0.1, 0.15) is 6.42 Å². The summed E-state index contributed by atoms with van der Waals surface area (Å²) in [6.07, 6.45) is 3.09. The average Bonchev–Trinajstić information content (AvgIpc) is 1.97. The van der Waals surface area contributed by atoms with Gasteiger partial charge in [0.15, 0.2) is 0 Å². The van der Waals surface area contributed by atoms with E-state index in [1.165, 1.54) is 6.08 Å². The molecular weight excluding hydrogens is 164 g/mol. The largest absolute Gasteiger partial charge is 0.502 e. The number of carboxylic acid groups (broad SMARTS) is 2. The van der Waals surface area contributed by atoms with Gasteiger partial charge in [0, 0.05) is 0 Å². The average molecular weight is 172 g/mol. The quantitative estimate of drug-likeness (QED) is 0.327. The summed E-state index contributed by atoms with van der Waals surface area (Å²) in [6, 6.07) is 0. The van der Waals surface area contributed by atoms with Gasteiger partial charge in [0.1, 0.15) is 0 Å². The number of aliphatic hydroxyl groups excluding tert-OH is 1. The lowest BCUT2D eigenvalue weighted by Gasteiger charge is -1.86. The molecule has 0 aromatic carbocycles. The van der Waals surface area contributed by atoms with E-state index in [1.807, 2.05) is 0 Å².